The monoisotopic (exact) mass is 253 g/mol. The van der Waals surface area contributed by atoms with Gasteiger partial charge in [0.25, 0.3) is 0 Å². The minimum Gasteiger partial charge on any atom is -0.382 e. The number of anilines is 1. The minimum atomic E-state index is 0.633. The lowest BCUT2D eigenvalue weighted by Crippen LogP contribution is -1.98. The molecule has 74 valence electrons. The summed E-state index contributed by atoms with van der Waals surface area (Å²) in [7, 11) is 0. The van der Waals surface area contributed by atoms with E-state index in [4.69, 9.17) is 5.73 Å². The summed E-state index contributed by atoms with van der Waals surface area (Å²) in [6.45, 7) is 4.14. The topological polar surface area (TPSA) is 43.3 Å². The Bertz CT molecular complexity index is 488. The van der Waals surface area contributed by atoms with Gasteiger partial charge in [-0.2, -0.15) is 0 Å². The Morgan fingerprint density at radius 1 is 1.50 bits per heavy atom. The molecular weight excluding hydrogens is 242 g/mol. The first-order valence-electron chi connectivity index (χ1n) is 4.57. The molecule has 0 amide bonds. The van der Waals surface area contributed by atoms with E-state index in [0.717, 1.165) is 27.9 Å². The van der Waals surface area contributed by atoms with Gasteiger partial charge in [0.2, 0.25) is 0 Å². The molecule has 0 saturated heterocycles. The highest BCUT2D eigenvalue weighted by molar-refractivity contribution is 9.10. The van der Waals surface area contributed by atoms with E-state index in [9.17, 15) is 0 Å². The van der Waals surface area contributed by atoms with Gasteiger partial charge < -0.3 is 5.73 Å². The van der Waals surface area contributed by atoms with Gasteiger partial charge in [0, 0.05) is 10.2 Å². The summed E-state index contributed by atoms with van der Waals surface area (Å²) < 4.78 is 3.18. The van der Waals surface area contributed by atoms with E-state index in [2.05, 4.69) is 39.2 Å². The zero-order valence-corrected chi connectivity index (χ0v) is 9.80. The minimum absolute atomic E-state index is 0.633. The first-order chi connectivity index (χ1) is 6.65. The largest absolute Gasteiger partial charge is 0.382 e. The summed E-state index contributed by atoms with van der Waals surface area (Å²) in [4.78, 5) is 4.31. The lowest BCUT2D eigenvalue weighted by Gasteiger charge is -2.05. The fourth-order valence-corrected chi connectivity index (χ4v) is 2.00. The van der Waals surface area contributed by atoms with Crippen LogP contribution in [0.1, 0.15) is 18.3 Å². The zero-order valence-electron chi connectivity index (χ0n) is 8.21. The molecule has 0 fully saturated rings. The van der Waals surface area contributed by atoms with Crippen molar-refractivity contribution in [3.63, 3.8) is 0 Å². The van der Waals surface area contributed by atoms with Crippen LogP contribution in [0.3, 0.4) is 0 Å². The summed E-state index contributed by atoms with van der Waals surface area (Å²) in [5.41, 5.74) is 8.98. The zero-order chi connectivity index (χ0) is 10.3. The normalized spacial score (nSPS) is 11.1. The Kier molecular flexibility index (Phi) is 2.23. The van der Waals surface area contributed by atoms with Gasteiger partial charge in [0.05, 0.1) is 5.69 Å². The van der Waals surface area contributed by atoms with E-state index in [1.165, 1.54) is 0 Å². The Balaban J connectivity index is 2.90. The number of aryl methyl sites for hydroxylation is 2. The number of halogens is 1. The first kappa shape index (κ1) is 9.52. The van der Waals surface area contributed by atoms with Crippen molar-refractivity contribution in [3.05, 3.63) is 28.0 Å². The van der Waals surface area contributed by atoms with Crippen LogP contribution in [0.4, 0.5) is 5.82 Å². The Morgan fingerprint density at radius 3 is 2.86 bits per heavy atom. The SMILES string of the molecule is CCc1c(N)nc2ccc(Br)c(C)n12. The second-order valence-electron chi connectivity index (χ2n) is 3.26. The molecule has 0 atom stereocenters. The van der Waals surface area contributed by atoms with E-state index in [1.54, 1.807) is 0 Å². The highest BCUT2D eigenvalue weighted by Crippen LogP contribution is 2.22. The summed E-state index contributed by atoms with van der Waals surface area (Å²) in [5, 5.41) is 0. The van der Waals surface area contributed by atoms with Crippen LogP contribution < -0.4 is 5.73 Å². The fraction of sp³-hybridized carbons (Fsp3) is 0.300. The molecule has 0 radical (unpaired) electrons. The number of nitrogen functional groups attached to an aromatic ring is 1. The Morgan fingerprint density at radius 2 is 2.21 bits per heavy atom. The van der Waals surface area contributed by atoms with Crippen LogP contribution >= 0.6 is 15.9 Å². The number of hydrogen-bond acceptors (Lipinski definition) is 2. The second kappa shape index (κ2) is 3.28. The molecule has 14 heavy (non-hydrogen) atoms. The molecule has 0 aliphatic carbocycles. The van der Waals surface area contributed by atoms with E-state index < -0.39 is 0 Å². The molecule has 0 aliphatic rings. The molecule has 0 unspecified atom stereocenters. The first-order valence-corrected chi connectivity index (χ1v) is 5.36. The van der Waals surface area contributed by atoms with Gasteiger partial charge in [-0.1, -0.05) is 6.92 Å². The standard InChI is InChI=1S/C10H12BrN3/c1-3-8-10(12)13-9-5-4-7(11)6(2)14(8)9/h4-5H,3,12H2,1-2H3. The van der Waals surface area contributed by atoms with Crippen molar-refractivity contribution in [1.29, 1.82) is 0 Å². The molecule has 2 heterocycles. The fourth-order valence-electron chi connectivity index (χ4n) is 1.69. The van der Waals surface area contributed by atoms with Gasteiger partial charge in [0.1, 0.15) is 11.5 Å². The number of pyridine rings is 1. The molecule has 0 aromatic carbocycles. The van der Waals surface area contributed by atoms with Crippen molar-refractivity contribution in [3.8, 4) is 0 Å². The van der Waals surface area contributed by atoms with Crippen molar-refractivity contribution < 1.29 is 0 Å². The second-order valence-corrected chi connectivity index (χ2v) is 4.11. The quantitative estimate of drug-likeness (QED) is 0.849. The van der Waals surface area contributed by atoms with Gasteiger partial charge in [-0.25, -0.2) is 4.98 Å². The van der Waals surface area contributed by atoms with Gasteiger partial charge in [0.15, 0.2) is 0 Å². The third-order valence-electron chi connectivity index (χ3n) is 2.42. The maximum Gasteiger partial charge on any atom is 0.145 e. The van der Waals surface area contributed by atoms with E-state index in [0.29, 0.717) is 5.82 Å². The summed E-state index contributed by atoms with van der Waals surface area (Å²) in [6, 6.07) is 3.96. The maximum absolute atomic E-state index is 5.84. The van der Waals surface area contributed by atoms with Crippen molar-refractivity contribution in [2.24, 2.45) is 0 Å². The summed E-state index contributed by atoms with van der Waals surface area (Å²) in [6.07, 6.45) is 0.893. The number of imidazole rings is 1. The van der Waals surface area contributed by atoms with Crippen molar-refractivity contribution >= 4 is 27.4 Å². The molecule has 4 heteroatoms. The summed E-state index contributed by atoms with van der Waals surface area (Å²) >= 11 is 3.50. The van der Waals surface area contributed by atoms with Crippen molar-refractivity contribution in [1.82, 2.24) is 9.38 Å². The third kappa shape index (κ3) is 1.21. The molecule has 2 rings (SSSR count). The molecule has 0 aliphatic heterocycles. The van der Waals surface area contributed by atoms with Crippen molar-refractivity contribution in [2.75, 3.05) is 5.73 Å². The van der Waals surface area contributed by atoms with Crippen LogP contribution in [0.5, 0.6) is 0 Å². The van der Waals surface area contributed by atoms with E-state index >= 15 is 0 Å². The van der Waals surface area contributed by atoms with Crippen LogP contribution in [-0.4, -0.2) is 9.38 Å². The Labute approximate surface area is 91.1 Å². The lowest BCUT2D eigenvalue weighted by molar-refractivity contribution is 0.957. The number of fused-ring (bicyclic) bond motifs is 1. The van der Waals surface area contributed by atoms with Gasteiger partial charge in [-0.3, -0.25) is 4.40 Å². The highest BCUT2D eigenvalue weighted by Gasteiger charge is 2.10. The average molecular weight is 254 g/mol. The van der Waals surface area contributed by atoms with Crippen LogP contribution in [0, 0.1) is 6.92 Å². The molecule has 0 bridgehead atoms. The molecule has 2 aromatic rings. The molecule has 2 N–H and O–H groups in total. The van der Waals surface area contributed by atoms with Gasteiger partial charge in [-0.05, 0) is 41.4 Å². The molecule has 3 nitrogen and oxygen atoms in total. The van der Waals surface area contributed by atoms with Gasteiger partial charge in [-0.15, -0.1) is 0 Å². The van der Waals surface area contributed by atoms with E-state index in [1.807, 2.05) is 12.1 Å². The average Bonchev–Trinajstić information content (AvgIpc) is 2.48. The van der Waals surface area contributed by atoms with Crippen molar-refractivity contribution in [2.45, 2.75) is 20.3 Å². The molecular formula is C10H12BrN3. The highest BCUT2D eigenvalue weighted by atomic mass is 79.9. The number of aromatic nitrogens is 2. The predicted molar refractivity (Wildman–Crippen MR) is 61.4 cm³/mol. The van der Waals surface area contributed by atoms with Gasteiger partial charge >= 0.3 is 0 Å². The Hall–Kier alpha value is -1.03. The van der Waals surface area contributed by atoms with E-state index in [-0.39, 0.29) is 0 Å². The lowest BCUT2D eigenvalue weighted by atomic mass is 10.3. The van der Waals surface area contributed by atoms with Crippen LogP contribution in [0.2, 0.25) is 0 Å². The summed E-state index contributed by atoms with van der Waals surface area (Å²) in [5.74, 6) is 0.633. The predicted octanol–water partition coefficient (Wildman–Crippen LogP) is 2.55. The molecule has 0 spiro atoms. The maximum atomic E-state index is 5.84. The third-order valence-corrected chi connectivity index (χ3v) is 3.26. The number of nitrogens with zero attached hydrogens (tertiary/aromatic N) is 2. The molecule has 0 saturated carbocycles. The smallest absolute Gasteiger partial charge is 0.145 e. The van der Waals surface area contributed by atoms with Crippen LogP contribution in [0.25, 0.3) is 5.65 Å². The van der Waals surface area contributed by atoms with Crippen LogP contribution in [-0.2, 0) is 6.42 Å². The molecule has 2 aromatic heterocycles. The number of hydrogen-bond donors (Lipinski definition) is 1. The van der Waals surface area contributed by atoms with Crippen LogP contribution in [0.15, 0.2) is 16.6 Å². The number of rotatable bonds is 1. The number of nitrogens with two attached hydrogens (primary N) is 1.